The highest BCUT2D eigenvalue weighted by Gasteiger charge is 2.12. The van der Waals surface area contributed by atoms with Gasteiger partial charge >= 0.3 is 0 Å². The Hall–Kier alpha value is -1.34. The highest BCUT2D eigenvalue weighted by Crippen LogP contribution is 2.28. The average Bonchev–Trinajstić information content (AvgIpc) is 2.29. The van der Waals surface area contributed by atoms with E-state index in [1.54, 1.807) is 0 Å². The molecule has 2 aromatic carbocycles. The molecule has 0 saturated heterocycles. The quantitative estimate of drug-likeness (QED) is 0.835. The maximum Gasteiger partial charge on any atom is 0.0303 e. The number of benzene rings is 2. The Bertz CT molecular complexity index is 514. The van der Waals surface area contributed by atoms with Crippen molar-refractivity contribution in [2.45, 2.75) is 33.2 Å². The number of fused-ring (bicyclic) bond motifs is 1. The smallest absolute Gasteiger partial charge is 0.0303 e. The lowest BCUT2D eigenvalue weighted by atomic mass is 9.92. The zero-order chi connectivity index (χ0) is 12.4. The summed E-state index contributed by atoms with van der Waals surface area (Å²) >= 11 is 0. The molecule has 2 aromatic rings. The minimum absolute atomic E-state index is 0.139. The number of rotatable bonds is 3. The molecule has 0 spiro atoms. The van der Waals surface area contributed by atoms with Crippen molar-refractivity contribution in [2.24, 2.45) is 11.7 Å². The van der Waals surface area contributed by atoms with Crippen LogP contribution in [-0.2, 0) is 0 Å². The van der Waals surface area contributed by atoms with Crippen LogP contribution in [0, 0.1) is 12.8 Å². The first-order valence-corrected chi connectivity index (χ1v) is 6.33. The second kappa shape index (κ2) is 4.89. The molecule has 90 valence electrons. The van der Waals surface area contributed by atoms with Gasteiger partial charge in [0, 0.05) is 6.04 Å². The van der Waals surface area contributed by atoms with E-state index in [2.05, 4.69) is 57.2 Å². The molecule has 0 heterocycles. The minimum atomic E-state index is 0.139. The van der Waals surface area contributed by atoms with Gasteiger partial charge in [0.1, 0.15) is 0 Å². The Morgan fingerprint density at radius 3 is 2.29 bits per heavy atom. The molecule has 1 nitrogen and oxygen atoms in total. The molecule has 1 heteroatoms. The molecule has 0 aromatic heterocycles. The normalized spacial score (nSPS) is 13.2. The van der Waals surface area contributed by atoms with Crippen molar-refractivity contribution in [1.82, 2.24) is 0 Å². The van der Waals surface area contributed by atoms with Gasteiger partial charge in [-0.1, -0.05) is 50.2 Å². The first-order chi connectivity index (χ1) is 8.09. The van der Waals surface area contributed by atoms with Gasteiger partial charge in [0.25, 0.3) is 0 Å². The molecular weight excluding hydrogens is 206 g/mol. The zero-order valence-electron chi connectivity index (χ0n) is 10.9. The lowest BCUT2D eigenvalue weighted by Crippen LogP contribution is -2.13. The molecular formula is C16H21N. The lowest BCUT2D eigenvalue weighted by molar-refractivity contribution is 0.512. The van der Waals surface area contributed by atoms with Crippen molar-refractivity contribution >= 4 is 10.8 Å². The van der Waals surface area contributed by atoms with Gasteiger partial charge in [-0.25, -0.2) is 0 Å². The van der Waals surface area contributed by atoms with Gasteiger partial charge in [0.05, 0.1) is 0 Å². The van der Waals surface area contributed by atoms with Crippen LogP contribution in [0.1, 0.15) is 37.4 Å². The van der Waals surface area contributed by atoms with E-state index < -0.39 is 0 Å². The van der Waals surface area contributed by atoms with Crippen molar-refractivity contribution in [3.8, 4) is 0 Å². The summed E-state index contributed by atoms with van der Waals surface area (Å²) in [5.41, 5.74) is 8.91. The monoisotopic (exact) mass is 227 g/mol. The van der Waals surface area contributed by atoms with Crippen LogP contribution in [0.15, 0.2) is 36.4 Å². The third kappa shape index (κ3) is 2.50. The molecule has 0 aliphatic carbocycles. The van der Waals surface area contributed by atoms with Crippen molar-refractivity contribution < 1.29 is 0 Å². The van der Waals surface area contributed by atoms with Gasteiger partial charge in [-0.05, 0) is 41.2 Å². The fraction of sp³-hybridized carbons (Fsp3) is 0.375. The fourth-order valence-electron chi connectivity index (χ4n) is 2.43. The van der Waals surface area contributed by atoms with Gasteiger partial charge in [0.2, 0.25) is 0 Å². The Morgan fingerprint density at radius 1 is 1.00 bits per heavy atom. The first-order valence-electron chi connectivity index (χ1n) is 6.33. The summed E-state index contributed by atoms with van der Waals surface area (Å²) in [6.07, 6.45) is 1.03. The summed E-state index contributed by atoms with van der Waals surface area (Å²) in [5, 5.41) is 2.63. The summed E-state index contributed by atoms with van der Waals surface area (Å²) in [5.74, 6) is 0.630. The average molecular weight is 227 g/mol. The van der Waals surface area contributed by atoms with Crippen molar-refractivity contribution in [1.29, 1.82) is 0 Å². The molecule has 2 rings (SSSR count). The summed E-state index contributed by atoms with van der Waals surface area (Å²) in [6.45, 7) is 6.59. The summed E-state index contributed by atoms with van der Waals surface area (Å²) in [6, 6.07) is 13.0. The van der Waals surface area contributed by atoms with Crippen molar-refractivity contribution in [2.75, 3.05) is 0 Å². The lowest BCUT2D eigenvalue weighted by Gasteiger charge is -2.17. The molecule has 0 unspecified atom stereocenters. The minimum Gasteiger partial charge on any atom is -0.324 e. The van der Waals surface area contributed by atoms with Crippen molar-refractivity contribution in [3.05, 3.63) is 47.5 Å². The standard InChI is InChI=1S/C16H21N/c1-11(2)10-16(17)15-9-8-12(3)13-6-4-5-7-14(13)15/h4-9,11,16H,10,17H2,1-3H3/t16-/m0/s1. The van der Waals surface area contributed by atoms with E-state index in [4.69, 9.17) is 5.73 Å². The predicted molar refractivity (Wildman–Crippen MR) is 75.1 cm³/mol. The third-order valence-corrected chi connectivity index (χ3v) is 3.30. The largest absolute Gasteiger partial charge is 0.324 e. The van der Waals surface area contributed by atoms with E-state index in [1.807, 2.05) is 0 Å². The van der Waals surface area contributed by atoms with E-state index in [-0.39, 0.29) is 6.04 Å². The summed E-state index contributed by atoms with van der Waals surface area (Å²) in [4.78, 5) is 0. The third-order valence-electron chi connectivity index (χ3n) is 3.30. The fourth-order valence-corrected chi connectivity index (χ4v) is 2.43. The van der Waals surface area contributed by atoms with Gasteiger partial charge in [-0.2, -0.15) is 0 Å². The molecule has 0 fully saturated rings. The van der Waals surface area contributed by atoms with Crippen LogP contribution in [0.4, 0.5) is 0 Å². The maximum atomic E-state index is 6.31. The van der Waals surface area contributed by atoms with Crippen LogP contribution in [0.3, 0.4) is 0 Å². The van der Waals surface area contributed by atoms with Crippen LogP contribution in [-0.4, -0.2) is 0 Å². The number of hydrogen-bond donors (Lipinski definition) is 1. The van der Waals surface area contributed by atoms with E-state index in [9.17, 15) is 0 Å². The van der Waals surface area contributed by atoms with E-state index in [1.165, 1.54) is 21.9 Å². The number of aryl methyl sites for hydroxylation is 1. The Kier molecular flexibility index (Phi) is 3.49. The Morgan fingerprint density at radius 2 is 1.65 bits per heavy atom. The molecule has 0 aliphatic rings. The highest BCUT2D eigenvalue weighted by molar-refractivity contribution is 5.88. The van der Waals surface area contributed by atoms with Crippen LogP contribution in [0.25, 0.3) is 10.8 Å². The highest BCUT2D eigenvalue weighted by atomic mass is 14.6. The van der Waals surface area contributed by atoms with Gasteiger partial charge in [-0.15, -0.1) is 0 Å². The van der Waals surface area contributed by atoms with Crippen LogP contribution < -0.4 is 5.73 Å². The van der Waals surface area contributed by atoms with Gasteiger partial charge in [-0.3, -0.25) is 0 Å². The zero-order valence-corrected chi connectivity index (χ0v) is 10.9. The molecule has 2 N–H and O–H groups in total. The second-order valence-corrected chi connectivity index (χ2v) is 5.25. The molecule has 0 bridgehead atoms. The van der Waals surface area contributed by atoms with Crippen molar-refractivity contribution in [3.63, 3.8) is 0 Å². The van der Waals surface area contributed by atoms with Gasteiger partial charge < -0.3 is 5.73 Å². The maximum absolute atomic E-state index is 6.31. The Labute approximate surface area is 104 Å². The summed E-state index contributed by atoms with van der Waals surface area (Å²) in [7, 11) is 0. The SMILES string of the molecule is Cc1ccc([C@@H](N)CC(C)C)c2ccccc12. The topological polar surface area (TPSA) is 26.0 Å². The van der Waals surface area contributed by atoms with E-state index >= 15 is 0 Å². The van der Waals surface area contributed by atoms with Gasteiger partial charge in [0.15, 0.2) is 0 Å². The molecule has 17 heavy (non-hydrogen) atoms. The first kappa shape index (κ1) is 12.1. The van der Waals surface area contributed by atoms with Crippen LogP contribution in [0.5, 0.6) is 0 Å². The molecule has 0 aliphatic heterocycles. The van der Waals surface area contributed by atoms with Crippen LogP contribution in [0.2, 0.25) is 0 Å². The molecule has 0 radical (unpaired) electrons. The number of hydrogen-bond acceptors (Lipinski definition) is 1. The Balaban J connectivity index is 2.51. The van der Waals surface area contributed by atoms with E-state index in [0.717, 1.165) is 6.42 Å². The molecule has 1 atom stereocenters. The summed E-state index contributed by atoms with van der Waals surface area (Å²) < 4.78 is 0. The van der Waals surface area contributed by atoms with Crippen LogP contribution >= 0.6 is 0 Å². The number of nitrogens with two attached hydrogens (primary N) is 1. The molecule has 0 amide bonds. The predicted octanol–water partition coefficient (Wildman–Crippen LogP) is 4.19. The second-order valence-electron chi connectivity index (χ2n) is 5.25. The molecule has 0 saturated carbocycles. The van der Waals surface area contributed by atoms with E-state index in [0.29, 0.717) is 5.92 Å².